The summed E-state index contributed by atoms with van der Waals surface area (Å²) in [5, 5.41) is 13.6. The van der Waals surface area contributed by atoms with Gasteiger partial charge < -0.3 is 9.67 Å². The molecule has 1 aromatic heterocycles. The van der Waals surface area contributed by atoms with Crippen LogP contribution in [0.1, 0.15) is 21.6 Å². The molecule has 0 saturated heterocycles. The molecule has 2 aromatic carbocycles. The van der Waals surface area contributed by atoms with Crippen molar-refractivity contribution < 1.29 is 23.1 Å². The monoisotopic (exact) mass is 529 g/mol. The van der Waals surface area contributed by atoms with E-state index in [1.165, 1.54) is 35.0 Å². The van der Waals surface area contributed by atoms with Crippen LogP contribution in [-0.4, -0.2) is 21.8 Å². The SMILES string of the molecule is O=C(N/N=C\c1cccn1-c1cccc(C(F)(F)F)c1)c1cc(Br)c(O)c(Br)c1. The fourth-order valence-corrected chi connectivity index (χ4v) is 3.67. The van der Waals surface area contributed by atoms with Crippen LogP contribution in [0.15, 0.2) is 68.8 Å². The second kappa shape index (κ2) is 8.42. The van der Waals surface area contributed by atoms with Crippen LogP contribution in [0.3, 0.4) is 0 Å². The number of aromatic hydroxyl groups is 1. The van der Waals surface area contributed by atoms with Gasteiger partial charge in [-0.3, -0.25) is 4.79 Å². The van der Waals surface area contributed by atoms with E-state index in [9.17, 15) is 23.1 Å². The number of rotatable bonds is 4. The number of benzene rings is 2. The predicted molar refractivity (Wildman–Crippen MR) is 109 cm³/mol. The van der Waals surface area contributed by atoms with E-state index in [2.05, 4.69) is 42.4 Å². The number of alkyl halides is 3. The topological polar surface area (TPSA) is 66.6 Å². The Morgan fingerprint density at radius 2 is 1.79 bits per heavy atom. The van der Waals surface area contributed by atoms with Gasteiger partial charge >= 0.3 is 6.18 Å². The van der Waals surface area contributed by atoms with Crippen molar-refractivity contribution in [2.75, 3.05) is 0 Å². The normalized spacial score (nSPS) is 11.8. The van der Waals surface area contributed by atoms with Gasteiger partial charge in [-0.15, -0.1) is 0 Å². The maximum Gasteiger partial charge on any atom is 0.416 e. The molecular weight excluding hydrogens is 519 g/mol. The van der Waals surface area contributed by atoms with Crippen molar-refractivity contribution in [2.45, 2.75) is 6.18 Å². The maximum absolute atomic E-state index is 12.9. The third-order valence-corrected chi connectivity index (χ3v) is 5.08. The molecular formula is C19H12Br2F3N3O2. The van der Waals surface area contributed by atoms with Crippen LogP contribution >= 0.6 is 31.9 Å². The minimum Gasteiger partial charge on any atom is -0.506 e. The third kappa shape index (κ3) is 4.88. The second-order valence-corrected chi connectivity index (χ2v) is 7.55. The van der Waals surface area contributed by atoms with Gasteiger partial charge in [-0.1, -0.05) is 6.07 Å². The highest BCUT2D eigenvalue weighted by molar-refractivity contribution is 9.11. The highest BCUT2D eigenvalue weighted by Gasteiger charge is 2.30. The number of carbonyl (C=O) groups excluding carboxylic acids is 1. The zero-order chi connectivity index (χ0) is 21.2. The van der Waals surface area contributed by atoms with E-state index in [0.717, 1.165) is 12.1 Å². The number of hydrazone groups is 1. The lowest BCUT2D eigenvalue weighted by molar-refractivity contribution is -0.137. The largest absolute Gasteiger partial charge is 0.506 e. The number of halogens is 5. The van der Waals surface area contributed by atoms with Crippen molar-refractivity contribution in [1.82, 2.24) is 9.99 Å². The zero-order valence-electron chi connectivity index (χ0n) is 14.4. The number of hydrogen-bond acceptors (Lipinski definition) is 3. The molecule has 1 amide bonds. The van der Waals surface area contributed by atoms with Crippen molar-refractivity contribution in [3.63, 3.8) is 0 Å². The molecule has 0 spiro atoms. The van der Waals surface area contributed by atoms with Crippen molar-refractivity contribution >= 4 is 44.0 Å². The zero-order valence-corrected chi connectivity index (χ0v) is 17.6. The van der Waals surface area contributed by atoms with Crippen LogP contribution in [0.4, 0.5) is 13.2 Å². The quantitative estimate of drug-likeness (QED) is 0.346. The van der Waals surface area contributed by atoms with Gasteiger partial charge in [0.15, 0.2) is 0 Å². The van der Waals surface area contributed by atoms with Crippen LogP contribution in [0, 0.1) is 0 Å². The molecule has 0 atom stereocenters. The lowest BCUT2D eigenvalue weighted by Crippen LogP contribution is -2.18. The van der Waals surface area contributed by atoms with E-state index < -0.39 is 17.6 Å². The summed E-state index contributed by atoms with van der Waals surface area (Å²) in [6, 6.07) is 11.0. The number of aromatic nitrogens is 1. The van der Waals surface area contributed by atoms with Crippen molar-refractivity contribution in [3.05, 3.63) is 80.5 Å². The molecule has 0 aliphatic heterocycles. The number of phenols is 1. The van der Waals surface area contributed by atoms with Crippen LogP contribution in [0.25, 0.3) is 5.69 Å². The van der Waals surface area contributed by atoms with E-state index >= 15 is 0 Å². The highest BCUT2D eigenvalue weighted by Crippen LogP contribution is 2.33. The minimum absolute atomic E-state index is 0.0380. The van der Waals surface area contributed by atoms with Gasteiger partial charge in [-0.05, 0) is 74.3 Å². The Labute approximate surface area is 180 Å². The summed E-state index contributed by atoms with van der Waals surface area (Å²) in [7, 11) is 0. The molecule has 3 aromatic rings. The molecule has 5 nitrogen and oxygen atoms in total. The van der Waals surface area contributed by atoms with Crippen LogP contribution in [0.2, 0.25) is 0 Å². The van der Waals surface area contributed by atoms with Gasteiger partial charge in [-0.25, -0.2) is 5.43 Å². The Balaban J connectivity index is 1.79. The van der Waals surface area contributed by atoms with Crippen molar-refractivity contribution in [3.8, 4) is 11.4 Å². The van der Waals surface area contributed by atoms with Gasteiger partial charge in [0.25, 0.3) is 5.91 Å². The number of hydrogen-bond donors (Lipinski definition) is 2. The first-order valence-electron chi connectivity index (χ1n) is 8.03. The lowest BCUT2D eigenvalue weighted by Gasteiger charge is -2.11. The standard InChI is InChI=1S/C19H12Br2F3N3O2/c20-15-7-11(8-16(21)17(15)28)18(29)26-25-10-14-5-2-6-27(14)13-4-1-3-12(9-13)19(22,23)24/h1-10,28H,(H,26,29)/b25-10-. The average Bonchev–Trinajstić information content (AvgIpc) is 3.13. The summed E-state index contributed by atoms with van der Waals surface area (Å²) >= 11 is 6.28. The number of phenolic OH excluding ortho intramolecular Hbond substituents is 1. The molecule has 0 aliphatic carbocycles. The average molecular weight is 531 g/mol. The van der Waals surface area contributed by atoms with E-state index in [1.807, 2.05) is 0 Å². The van der Waals surface area contributed by atoms with Gasteiger partial charge in [0.05, 0.1) is 26.4 Å². The van der Waals surface area contributed by atoms with E-state index in [-0.39, 0.29) is 11.3 Å². The van der Waals surface area contributed by atoms with Gasteiger partial charge in [0, 0.05) is 17.4 Å². The number of nitrogens with one attached hydrogen (secondary N) is 1. The summed E-state index contributed by atoms with van der Waals surface area (Å²) in [5.74, 6) is -0.566. The van der Waals surface area contributed by atoms with E-state index in [1.54, 1.807) is 18.3 Å². The Morgan fingerprint density at radius 1 is 1.10 bits per heavy atom. The predicted octanol–water partition coefficient (Wildman–Crippen LogP) is 5.49. The smallest absolute Gasteiger partial charge is 0.416 e. The Kier molecular flexibility index (Phi) is 6.13. The third-order valence-electron chi connectivity index (χ3n) is 3.87. The van der Waals surface area contributed by atoms with Crippen LogP contribution in [-0.2, 0) is 6.18 Å². The molecule has 0 bridgehead atoms. The van der Waals surface area contributed by atoms with E-state index in [4.69, 9.17) is 0 Å². The summed E-state index contributed by atoms with van der Waals surface area (Å²) in [6.07, 6.45) is -1.53. The molecule has 150 valence electrons. The minimum atomic E-state index is -4.45. The molecule has 0 radical (unpaired) electrons. The molecule has 0 saturated carbocycles. The summed E-state index contributed by atoms with van der Waals surface area (Å²) in [5.41, 5.74) is 2.60. The van der Waals surface area contributed by atoms with Crippen LogP contribution < -0.4 is 5.43 Å². The lowest BCUT2D eigenvalue weighted by atomic mass is 10.2. The van der Waals surface area contributed by atoms with Crippen molar-refractivity contribution in [2.24, 2.45) is 5.10 Å². The summed E-state index contributed by atoms with van der Waals surface area (Å²) < 4.78 is 41.0. The molecule has 2 N–H and O–H groups in total. The summed E-state index contributed by atoms with van der Waals surface area (Å²) in [6.45, 7) is 0. The highest BCUT2D eigenvalue weighted by atomic mass is 79.9. The van der Waals surface area contributed by atoms with Gasteiger partial charge in [0.1, 0.15) is 5.75 Å². The molecule has 0 fully saturated rings. The second-order valence-electron chi connectivity index (χ2n) is 5.84. The molecule has 0 aliphatic rings. The first kappa shape index (κ1) is 21.1. The molecule has 1 heterocycles. The maximum atomic E-state index is 12.9. The Bertz CT molecular complexity index is 1070. The number of carbonyl (C=O) groups is 1. The fourth-order valence-electron chi connectivity index (χ4n) is 2.48. The molecule has 10 heteroatoms. The number of nitrogens with zero attached hydrogens (tertiary/aromatic N) is 2. The Hall–Kier alpha value is -2.59. The first-order chi connectivity index (χ1) is 13.7. The molecule has 0 unspecified atom stereocenters. The van der Waals surface area contributed by atoms with Gasteiger partial charge in [0.2, 0.25) is 0 Å². The van der Waals surface area contributed by atoms with Gasteiger partial charge in [-0.2, -0.15) is 18.3 Å². The molecule has 3 rings (SSSR count). The Morgan fingerprint density at radius 3 is 2.45 bits per heavy atom. The number of amides is 1. The van der Waals surface area contributed by atoms with E-state index in [0.29, 0.717) is 20.3 Å². The van der Waals surface area contributed by atoms with Crippen molar-refractivity contribution in [1.29, 1.82) is 0 Å². The molecule has 29 heavy (non-hydrogen) atoms. The fraction of sp³-hybridized carbons (Fsp3) is 0.0526. The summed E-state index contributed by atoms with van der Waals surface area (Å²) in [4.78, 5) is 12.2. The first-order valence-corrected chi connectivity index (χ1v) is 9.62. The van der Waals surface area contributed by atoms with Crippen LogP contribution in [0.5, 0.6) is 5.75 Å².